The van der Waals surface area contributed by atoms with E-state index in [1.165, 1.54) is 30.2 Å². The molecule has 118 valence electrons. The van der Waals surface area contributed by atoms with Crippen LogP contribution in [0.1, 0.15) is 10.4 Å². The molecule has 0 radical (unpaired) electrons. The fourth-order valence-corrected chi connectivity index (χ4v) is 2.00. The van der Waals surface area contributed by atoms with E-state index in [9.17, 15) is 14.4 Å². The number of methoxy groups -OCH3 is 1. The van der Waals surface area contributed by atoms with Crippen LogP contribution in [0.15, 0.2) is 18.2 Å². The van der Waals surface area contributed by atoms with Crippen LogP contribution in [0.2, 0.25) is 0 Å². The fraction of sp³-hybridized carbons (Fsp3) is 0.357. The third kappa shape index (κ3) is 3.53. The Morgan fingerprint density at radius 3 is 2.91 bits per heavy atom. The molecule has 8 nitrogen and oxygen atoms in total. The second-order valence-electron chi connectivity index (χ2n) is 4.60. The van der Waals surface area contributed by atoms with Gasteiger partial charge in [-0.3, -0.25) is 14.5 Å². The lowest BCUT2D eigenvalue weighted by Crippen LogP contribution is -2.45. The molecule has 8 heteroatoms. The standard InChI is InChI=1S/C14H16N2O6/c1-21-5-4-15-12(17)7-16-10-6-9(14(19)20)2-3-11(10)22-8-13(16)18/h2-3,6H,4-5,7-8H2,1H3,(H,15,17)(H,19,20). The minimum Gasteiger partial charge on any atom is -0.482 e. The molecular formula is C14H16N2O6. The van der Waals surface area contributed by atoms with Crippen LogP contribution in [0.3, 0.4) is 0 Å². The maximum absolute atomic E-state index is 12.0. The summed E-state index contributed by atoms with van der Waals surface area (Å²) in [6, 6.07) is 4.17. The number of amides is 2. The van der Waals surface area contributed by atoms with E-state index in [1.807, 2.05) is 0 Å². The second kappa shape index (κ2) is 6.90. The Kier molecular flexibility index (Phi) is 4.95. The van der Waals surface area contributed by atoms with Gasteiger partial charge in [-0.2, -0.15) is 0 Å². The number of carbonyl (C=O) groups is 3. The van der Waals surface area contributed by atoms with Crippen molar-refractivity contribution in [1.82, 2.24) is 5.32 Å². The number of nitrogens with zero attached hydrogens (tertiary/aromatic N) is 1. The summed E-state index contributed by atoms with van der Waals surface area (Å²) in [4.78, 5) is 36.0. The lowest BCUT2D eigenvalue weighted by molar-refractivity contribution is -0.125. The zero-order chi connectivity index (χ0) is 16.1. The van der Waals surface area contributed by atoms with E-state index in [-0.39, 0.29) is 30.3 Å². The van der Waals surface area contributed by atoms with Crippen molar-refractivity contribution in [2.45, 2.75) is 0 Å². The maximum Gasteiger partial charge on any atom is 0.335 e. The number of hydrogen-bond acceptors (Lipinski definition) is 5. The van der Waals surface area contributed by atoms with E-state index in [4.69, 9.17) is 14.6 Å². The smallest absolute Gasteiger partial charge is 0.335 e. The van der Waals surface area contributed by atoms with Crippen molar-refractivity contribution in [3.05, 3.63) is 23.8 Å². The van der Waals surface area contributed by atoms with Crippen LogP contribution in [0.5, 0.6) is 5.75 Å². The highest BCUT2D eigenvalue weighted by Crippen LogP contribution is 2.32. The molecule has 0 saturated carbocycles. The minimum absolute atomic E-state index is 0.0156. The molecule has 0 fully saturated rings. The molecule has 2 rings (SSSR count). The van der Waals surface area contributed by atoms with E-state index >= 15 is 0 Å². The number of ether oxygens (including phenoxy) is 2. The molecule has 0 unspecified atom stereocenters. The molecule has 22 heavy (non-hydrogen) atoms. The lowest BCUT2D eigenvalue weighted by atomic mass is 10.1. The topological polar surface area (TPSA) is 105 Å². The normalized spacial score (nSPS) is 13.3. The number of fused-ring (bicyclic) bond motifs is 1. The van der Waals surface area contributed by atoms with Crippen LogP contribution < -0.4 is 15.0 Å². The molecule has 1 aromatic carbocycles. The zero-order valence-electron chi connectivity index (χ0n) is 12.0. The van der Waals surface area contributed by atoms with Crippen molar-refractivity contribution in [1.29, 1.82) is 0 Å². The second-order valence-corrected chi connectivity index (χ2v) is 4.60. The first-order chi connectivity index (χ1) is 10.5. The van der Waals surface area contributed by atoms with E-state index in [1.54, 1.807) is 0 Å². The van der Waals surface area contributed by atoms with Gasteiger partial charge < -0.3 is 19.9 Å². The van der Waals surface area contributed by atoms with Crippen LogP contribution >= 0.6 is 0 Å². The molecule has 2 amide bonds. The molecule has 0 aliphatic carbocycles. The van der Waals surface area contributed by atoms with Crippen molar-refractivity contribution in [3.63, 3.8) is 0 Å². The highest BCUT2D eigenvalue weighted by atomic mass is 16.5. The molecule has 0 atom stereocenters. The molecule has 0 aromatic heterocycles. The van der Waals surface area contributed by atoms with Crippen LogP contribution in [-0.2, 0) is 14.3 Å². The number of benzene rings is 1. The predicted molar refractivity (Wildman–Crippen MR) is 76.1 cm³/mol. The average Bonchev–Trinajstić information content (AvgIpc) is 2.50. The molecule has 0 bridgehead atoms. The van der Waals surface area contributed by atoms with Crippen LogP contribution in [0.25, 0.3) is 0 Å². The van der Waals surface area contributed by atoms with E-state index in [0.717, 1.165) is 0 Å². The minimum atomic E-state index is -1.12. The predicted octanol–water partition coefficient (Wildman–Crippen LogP) is -0.127. The third-order valence-electron chi connectivity index (χ3n) is 3.08. The van der Waals surface area contributed by atoms with E-state index in [2.05, 4.69) is 5.32 Å². The maximum atomic E-state index is 12.0. The first kappa shape index (κ1) is 15.8. The molecular weight excluding hydrogens is 292 g/mol. The van der Waals surface area contributed by atoms with Crippen molar-refractivity contribution >= 4 is 23.5 Å². The Morgan fingerprint density at radius 1 is 1.45 bits per heavy atom. The van der Waals surface area contributed by atoms with Gasteiger partial charge >= 0.3 is 5.97 Å². The Bertz CT molecular complexity index is 601. The number of carboxylic acids is 1. The lowest BCUT2D eigenvalue weighted by Gasteiger charge is -2.29. The average molecular weight is 308 g/mol. The molecule has 0 spiro atoms. The largest absolute Gasteiger partial charge is 0.482 e. The summed E-state index contributed by atoms with van der Waals surface area (Å²) in [5, 5.41) is 11.6. The fourth-order valence-electron chi connectivity index (χ4n) is 2.00. The first-order valence-corrected chi connectivity index (χ1v) is 6.59. The highest BCUT2D eigenvalue weighted by molar-refractivity contribution is 6.03. The molecule has 2 N–H and O–H groups in total. The van der Waals surface area contributed by atoms with Gasteiger partial charge in [0.25, 0.3) is 5.91 Å². The van der Waals surface area contributed by atoms with Crippen molar-refractivity contribution in [3.8, 4) is 5.75 Å². The van der Waals surface area contributed by atoms with Gasteiger partial charge in [0.05, 0.1) is 17.9 Å². The van der Waals surface area contributed by atoms with Crippen LogP contribution in [0, 0.1) is 0 Å². The van der Waals surface area contributed by atoms with Gasteiger partial charge in [-0.05, 0) is 18.2 Å². The molecule has 0 saturated heterocycles. The van der Waals surface area contributed by atoms with Gasteiger partial charge in [-0.25, -0.2) is 4.79 Å². The zero-order valence-corrected chi connectivity index (χ0v) is 12.0. The number of carbonyl (C=O) groups excluding carboxylic acids is 2. The summed E-state index contributed by atoms with van der Waals surface area (Å²) in [5.74, 6) is -1.52. The van der Waals surface area contributed by atoms with Gasteiger partial charge in [0.2, 0.25) is 5.91 Å². The number of rotatable bonds is 6. The molecule has 1 heterocycles. The Hall–Kier alpha value is -2.61. The number of hydrogen-bond donors (Lipinski definition) is 2. The summed E-state index contributed by atoms with van der Waals surface area (Å²) in [6.07, 6.45) is 0. The van der Waals surface area contributed by atoms with Crippen molar-refractivity contribution < 1.29 is 29.0 Å². The quantitative estimate of drug-likeness (QED) is 0.709. The number of nitrogens with one attached hydrogen (secondary N) is 1. The first-order valence-electron chi connectivity index (χ1n) is 6.59. The summed E-state index contributed by atoms with van der Waals surface area (Å²) in [6.45, 7) is 0.297. The Balaban J connectivity index is 2.17. The molecule has 1 aliphatic heterocycles. The van der Waals surface area contributed by atoms with Crippen molar-refractivity contribution in [2.75, 3.05) is 38.3 Å². The SMILES string of the molecule is COCCNC(=O)CN1C(=O)COc2ccc(C(=O)O)cc21. The van der Waals surface area contributed by atoms with Gasteiger partial charge in [-0.15, -0.1) is 0 Å². The summed E-state index contributed by atoms with van der Waals surface area (Å²) in [5.41, 5.74) is 0.292. The van der Waals surface area contributed by atoms with Crippen molar-refractivity contribution in [2.24, 2.45) is 0 Å². The summed E-state index contributed by atoms with van der Waals surface area (Å²) in [7, 11) is 1.52. The number of carboxylic acid groups (broad SMARTS) is 1. The van der Waals surface area contributed by atoms with Crippen LogP contribution in [0.4, 0.5) is 5.69 Å². The van der Waals surface area contributed by atoms with E-state index in [0.29, 0.717) is 18.9 Å². The molecule has 1 aliphatic rings. The Morgan fingerprint density at radius 2 is 2.23 bits per heavy atom. The monoisotopic (exact) mass is 308 g/mol. The number of aromatic carboxylic acids is 1. The van der Waals surface area contributed by atoms with Gasteiger partial charge in [0.1, 0.15) is 12.3 Å². The highest BCUT2D eigenvalue weighted by Gasteiger charge is 2.28. The Labute approximate surface area is 126 Å². The number of anilines is 1. The van der Waals surface area contributed by atoms with Gasteiger partial charge in [0.15, 0.2) is 6.61 Å². The summed E-state index contributed by atoms with van der Waals surface area (Å²) >= 11 is 0. The van der Waals surface area contributed by atoms with Gasteiger partial charge in [-0.1, -0.05) is 0 Å². The summed E-state index contributed by atoms with van der Waals surface area (Å²) < 4.78 is 10.1. The molecule has 1 aromatic rings. The third-order valence-corrected chi connectivity index (χ3v) is 3.08. The van der Waals surface area contributed by atoms with E-state index < -0.39 is 11.9 Å². The van der Waals surface area contributed by atoms with Crippen LogP contribution in [-0.4, -0.2) is 56.3 Å². The van der Waals surface area contributed by atoms with Gasteiger partial charge in [0, 0.05) is 13.7 Å².